The minimum Gasteiger partial charge on any atom is -0.469 e. The Morgan fingerprint density at radius 2 is 1.40 bits per heavy atom. The molecule has 0 heterocycles. The van der Waals surface area contributed by atoms with Crippen LogP contribution in [0.2, 0.25) is 0 Å². The Morgan fingerprint density at radius 1 is 0.837 bits per heavy atom. The molecule has 4 atom stereocenters. The minimum atomic E-state index is -1.20. The van der Waals surface area contributed by atoms with Crippen LogP contribution in [0.5, 0.6) is 0 Å². The van der Waals surface area contributed by atoms with Crippen LogP contribution >= 0.6 is 0 Å². The van der Waals surface area contributed by atoms with E-state index in [0.29, 0.717) is 6.42 Å². The lowest BCUT2D eigenvalue weighted by Crippen LogP contribution is -2.53. The molecule has 232 valence electrons. The van der Waals surface area contributed by atoms with Crippen molar-refractivity contribution in [3.05, 3.63) is 71.8 Å². The van der Waals surface area contributed by atoms with Crippen LogP contribution in [0.3, 0.4) is 0 Å². The van der Waals surface area contributed by atoms with Crippen LogP contribution in [0.4, 0.5) is 0 Å². The number of hydrogen-bond acceptors (Lipinski definition) is 7. The van der Waals surface area contributed by atoms with E-state index in [1.165, 1.54) is 14.0 Å². The topological polar surface area (TPSA) is 136 Å². The molecule has 0 aliphatic carbocycles. The Balaban J connectivity index is 2.12. The lowest BCUT2D eigenvalue weighted by atomic mass is 9.82. The monoisotopic (exact) mass is 592 g/mol. The highest BCUT2D eigenvalue weighted by molar-refractivity contribution is 6.38. The van der Waals surface area contributed by atoms with Gasteiger partial charge in [-0.05, 0) is 44.2 Å². The number of Topliss-reactive ketones (excluding diaryl/α,β-unsaturated/α-hetero) is 3. The van der Waals surface area contributed by atoms with E-state index in [9.17, 15) is 28.8 Å². The summed E-state index contributed by atoms with van der Waals surface area (Å²) in [6.45, 7) is 8.16. The fraction of sp³-hybridized carbons (Fsp3) is 0.471. The summed E-state index contributed by atoms with van der Waals surface area (Å²) in [6.07, 6.45) is 0.764. The number of carbonyl (C=O) groups excluding carboxylic acids is 6. The number of hydrogen-bond donors (Lipinski definition) is 2. The summed E-state index contributed by atoms with van der Waals surface area (Å²) in [5, 5.41) is 5.14. The van der Waals surface area contributed by atoms with Gasteiger partial charge in [0.15, 0.2) is 5.78 Å². The highest BCUT2D eigenvalue weighted by atomic mass is 16.5. The zero-order valence-corrected chi connectivity index (χ0v) is 26.0. The van der Waals surface area contributed by atoms with Gasteiger partial charge in [-0.3, -0.25) is 28.8 Å². The maximum absolute atomic E-state index is 13.4. The first-order valence-electron chi connectivity index (χ1n) is 14.6. The molecular weight excluding hydrogens is 548 g/mol. The lowest BCUT2D eigenvalue weighted by molar-refractivity contribution is -0.153. The molecule has 2 aromatic carbocycles. The summed E-state index contributed by atoms with van der Waals surface area (Å²) in [5.41, 5.74) is 0.586. The number of nitrogens with one attached hydrogen (secondary N) is 2. The molecule has 0 radical (unpaired) electrons. The molecule has 0 saturated carbocycles. The summed E-state index contributed by atoms with van der Waals surface area (Å²) in [6, 6.07) is 16.3. The number of esters is 1. The van der Waals surface area contributed by atoms with Crippen molar-refractivity contribution in [2.24, 2.45) is 17.3 Å². The van der Waals surface area contributed by atoms with Crippen LogP contribution in [-0.4, -0.2) is 54.3 Å². The molecule has 0 aliphatic rings. The summed E-state index contributed by atoms with van der Waals surface area (Å²) < 4.78 is 4.79. The average molecular weight is 593 g/mol. The molecule has 0 saturated heterocycles. The number of carbonyl (C=O) groups is 6. The van der Waals surface area contributed by atoms with Crippen molar-refractivity contribution in [3.8, 4) is 0 Å². The molecule has 2 rings (SSSR count). The highest BCUT2D eigenvalue weighted by Gasteiger charge is 2.37. The third-order valence-electron chi connectivity index (χ3n) is 7.59. The zero-order valence-electron chi connectivity index (χ0n) is 26.0. The molecule has 0 spiro atoms. The molecule has 2 amide bonds. The van der Waals surface area contributed by atoms with Crippen LogP contribution in [-0.2, 0) is 46.3 Å². The number of benzene rings is 2. The third kappa shape index (κ3) is 10.9. The molecular formula is C34H44N2O7. The zero-order chi connectivity index (χ0) is 32.2. The largest absolute Gasteiger partial charge is 0.469 e. The Kier molecular flexibility index (Phi) is 13.4. The van der Waals surface area contributed by atoms with Crippen molar-refractivity contribution < 1.29 is 33.5 Å². The average Bonchev–Trinajstić information content (AvgIpc) is 2.98. The predicted octanol–water partition coefficient (Wildman–Crippen LogP) is 3.81. The van der Waals surface area contributed by atoms with Crippen LogP contribution in [0.15, 0.2) is 60.7 Å². The van der Waals surface area contributed by atoms with Gasteiger partial charge in [-0.25, -0.2) is 0 Å². The van der Waals surface area contributed by atoms with Gasteiger partial charge in [-0.1, -0.05) is 80.9 Å². The van der Waals surface area contributed by atoms with E-state index in [0.717, 1.165) is 11.1 Å². The third-order valence-corrected chi connectivity index (χ3v) is 7.59. The maximum atomic E-state index is 13.4. The first kappa shape index (κ1) is 35.1. The van der Waals surface area contributed by atoms with Crippen LogP contribution in [0, 0.1) is 17.3 Å². The van der Waals surface area contributed by atoms with Crippen molar-refractivity contribution in [3.63, 3.8) is 0 Å². The van der Waals surface area contributed by atoms with Crippen LogP contribution in [0.25, 0.3) is 0 Å². The van der Waals surface area contributed by atoms with Gasteiger partial charge in [-0.2, -0.15) is 0 Å². The van der Waals surface area contributed by atoms with Gasteiger partial charge in [0, 0.05) is 25.2 Å². The predicted molar refractivity (Wildman–Crippen MR) is 163 cm³/mol. The van der Waals surface area contributed by atoms with Gasteiger partial charge in [0.25, 0.3) is 5.91 Å². The molecule has 9 heteroatoms. The summed E-state index contributed by atoms with van der Waals surface area (Å²) in [5.74, 6) is -4.60. The first-order chi connectivity index (χ1) is 20.3. The molecule has 2 N–H and O–H groups in total. The second-order valence-corrected chi connectivity index (χ2v) is 11.7. The summed E-state index contributed by atoms with van der Waals surface area (Å²) in [7, 11) is 1.24. The molecule has 0 fully saturated rings. The van der Waals surface area contributed by atoms with Gasteiger partial charge in [0.05, 0.1) is 24.6 Å². The van der Waals surface area contributed by atoms with Gasteiger partial charge in [-0.15, -0.1) is 0 Å². The van der Waals surface area contributed by atoms with E-state index in [-0.39, 0.29) is 37.4 Å². The standard InChI is InChI=1S/C34H44N2O7/c1-7-22(2)29(28(38)21-34(4,5)33(42)43-6)36-32(41)30(39)23(3)35-31(40)26(18-24-14-10-8-11-15-24)20-27(37)19-25-16-12-9-13-17-25/h8-17,22-23,26,29H,7,18-21H2,1-6H3,(H,35,40)(H,36,41). The normalized spacial score (nSPS) is 14.0. The number of rotatable bonds is 17. The Bertz CT molecular complexity index is 1270. The van der Waals surface area contributed by atoms with Gasteiger partial charge < -0.3 is 15.4 Å². The van der Waals surface area contributed by atoms with E-state index >= 15 is 0 Å². The first-order valence-corrected chi connectivity index (χ1v) is 14.6. The number of amides is 2. The molecule has 0 aromatic heterocycles. The van der Waals surface area contributed by atoms with Crippen molar-refractivity contribution in [2.75, 3.05) is 7.11 Å². The lowest BCUT2D eigenvalue weighted by Gasteiger charge is -2.27. The van der Waals surface area contributed by atoms with Crippen molar-refractivity contribution in [1.29, 1.82) is 0 Å². The second-order valence-electron chi connectivity index (χ2n) is 11.7. The van der Waals surface area contributed by atoms with Crippen molar-refractivity contribution >= 4 is 35.1 Å². The van der Waals surface area contributed by atoms with Gasteiger partial charge >= 0.3 is 5.97 Å². The van der Waals surface area contributed by atoms with Crippen LogP contribution in [0.1, 0.15) is 65.0 Å². The second kappa shape index (κ2) is 16.5. The fourth-order valence-corrected chi connectivity index (χ4v) is 4.80. The van der Waals surface area contributed by atoms with E-state index < -0.39 is 52.8 Å². The fourth-order valence-electron chi connectivity index (χ4n) is 4.80. The molecule has 43 heavy (non-hydrogen) atoms. The van der Waals surface area contributed by atoms with Gasteiger partial charge in [0.1, 0.15) is 5.78 Å². The molecule has 0 aliphatic heterocycles. The van der Waals surface area contributed by atoms with E-state index in [2.05, 4.69) is 10.6 Å². The smallest absolute Gasteiger partial charge is 0.311 e. The Hall–Kier alpha value is -4.14. The van der Waals surface area contributed by atoms with E-state index in [4.69, 9.17) is 4.74 Å². The maximum Gasteiger partial charge on any atom is 0.311 e. The van der Waals surface area contributed by atoms with E-state index in [1.54, 1.807) is 20.8 Å². The number of methoxy groups -OCH3 is 1. The minimum absolute atomic E-state index is 0.0384. The molecule has 4 unspecified atom stereocenters. The molecule has 9 nitrogen and oxygen atoms in total. The van der Waals surface area contributed by atoms with Crippen LogP contribution < -0.4 is 10.6 Å². The van der Waals surface area contributed by atoms with Gasteiger partial charge in [0.2, 0.25) is 11.7 Å². The quantitative estimate of drug-likeness (QED) is 0.211. The van der Waals surface area contributed by atoms with E-state index in [1.807, 2.05) is 67.6 Å². The SMILES string of the molecule is CCC(C)C(NC(=O)C(=O)C(C)NC(=O)C(CC(=O)Cc1ccccc1)Cc1ccccc1)C(=O)CC(C)(C)C(=O)OC. The summed E-state index contributed by atoms with van der Waals surface area (Å²) in [4.78, 5) is 77.6. The Morgan fingerprint density at radius 3 is 1.93 bits per heavy atom. The number of ketones is 3. The Labute approximate surface area is 254 Å². The molecule has 2 aromatic rings. The van der Waals surface area contributed by atoms with Crippen molar-refractivity contribution in [1.82, 2.24) is 10.6 Å². The molecule has 0 bridgehead atoms. The summed E-state index contributed by atoms with van der Waals surface area (Å²) >= 11 is 0. The highest BCUT2D eigenvalue weighted by Crippen LogP contribution is 2.25. The van der Waals surface area contributed by atoms with Crippen molar-refractivity contribution in [2.45, 2.75) is 78.8 Å². The number of ether oxygens (including phenoxy) is 1.